The van der Waals surface area contributed by atoms with Crippen LogP contribution in [-0.2, 0) is 0 Å². The van der Waals surface area contributed by atoms with Crippen LogP contribution in [0.1, 0.15) is 15.9 Å². The maximum absolute atomic E-state index is 10.9. The van der Waals surface area contributed by atoms with E-state index in [1.807, 2.05) is 13.0 Å². The SMILES string of the molecule is Cc1cc(-c2cc(C(=O)O)cnc2N)ccc1Cl. The normalized spacial score (nSPS) is 10.3. The summed E-state index contributed by atoms with van der Waals surface area (Å²) in [4.78, 5) is 14.8. The van der Waals surface area contributed by atoms with Crippen LogP contribution >= 0.6 is 11.6 Å². The Bertz CT molecular complexity index is 626. The molecule has 1 heterocycles. The van der Waals surface area contributed by atoms with Crippen LogP contribution in [0.25, 0.3) is 11.1 Å². The van der Waals surface area contributed by atoms with Gasteiger partial charge in [0.1, 0.15) is 5.82 Å². The lowest BCUT2D eigenvalue weighted by Gasteiger charge is -2.08. The number of aromatic nitrogens is 1. The Kier molecular flexibility index (Phi) is 3.21. The molecular weight excluding hydrogens is 252 g/mol. The number of benzene rings is 1. The second kappa shape index (κ2) is 4.66. The molecule has 5 heteroatoms. The topological polar surface area (TPSA) is 76.2 Å². The highest BCUT2D eigenvalue weighted by Gasteiger charge is 2.10. The summed E-state index contributed by atoms with van der Waals surface area (Å²) in [6.07, 6.45) is 1.24. The standard InChI is InChI=1S/C13H11ClN2O2/c1-7-4-8(2-3-11(7)14)10-5-9(13(17)18)6-16-12(10)15/h2-6H,1H3,(H2,15,16)(H,17,18). The van der Waals surface area contributed by atoms with Crippen molar-refractivity contribution >= 4 is 23.4 Å². The first-order valence-corrected chi connectivity index (χ1v) is 5.62. The van der Waals surface area contributed by atoms with Gasteiger partial charge < -0.3 is 10.8 Å². The van der Waals surface area contributed by atoms with Gasteiger partial charge in [-0.05, 0) is 36.2 Å². The van der Waals surface area contributed by atoms with E-state index in [1.54, 1.807) is 12.1 Å². The minimum absolute atomic E-state index is 0.104. The number of halogens is 1. The van der Waals surface area contributed by atoms with Crippen LogP contribution in [0.5, 0.6) is 0 Å². The van der Waals surface area contributed by atoms with E-state index in [0.717, 1.165) is 11.1 Å². The molecule has 0 saturated carbocycles. The molecule has 0 amide bonds. The molecule has 0 atom stereocenters. The number of hydrogen-bond acceptors (Lipinski definition) is 3. The van der Waals surface area contributed by atoms with Gasteiger partial charge in [-0.3, -0.25) is 0 Å². The van der Waals surface area contributed by atoms with Crippen LogP contribution in [0.2, 0.25) is 5.02 Å². The summed E-state index contributed by atoms with van der Waals surface area (Å²) in [5.41, 5.74) is 8.16. The largest absolute Gasteiger partial charge is 0.478 e. The fourth-order valence-corrected chi connectivity index (χ4v) is 1.75. The van der Waals surface area contributed by atoms with Gasteiger partial charge in [0.2, 0.25) is 0 Å². The molecule has 0 fully saturated rings. The minimum Gasteiger partial charge on any atom is -0.478 e. The maximum Gasteiger partial charge on any atom is 0.337 e. The molecule has 92 valence electrons. The number of rotatable bonds is 2. The predicted molar refractivity (Wildman–Crippen MR) is 70.8 cm³/mol. The fourth-order valence-electron chi connectivity index (χ4n) is 1.64. The van der Waals surface area contributed by atoms with E-state index in [2.05, 4.69) is 4.98 Å². The van der Waals surface area contributed by atoms with E-state index in [-0.39, 0.29) is 5.56 Å². The number of aromatic carboxylic acids is 1. The quantitative estimate of drug-likeness (QED) is 0.872. The second-order valence-electron chi connectivity index (χ2n) is 3.93. The van der Waals surface area contributed by atoms with Crippen molar-refractivity contribution in [2.24, 2.45) is 0 Å². The van der Waals surface area contributed by atoms with Crippen molar-refractivity contribution in [2.75, 3.05) is 5.73 Å². The lowest BCUT2D eigenvalue weighted by molar-refractivity contribution is 0.0696. The number of pyridine rings is 1. The monoisotopic (exact) mass is 262 g/mol. The first kappa shape index (κ1) is 12.4. The summed E-state index contributed by atoms with van der Waals surface area (Å²) >= 11 is 5.95. The highest BCUT2D eigenvalue weighted by Crippen LogP contribution is 2.28. The highest BCUT2D eigenvalue weighted by molar-refractivity contribution is 6.31. The number of nitrogen functional groups attached to an aromatic ring is 1. The molecular formula is C13H11ClN2O2. The van der Waals surface area contributed by atoms with E-state index >= 15 is 0 Å². The van der Waals surface area contributed by atoms with E-state index < -0.39 is 5.97 Å². The molecule has 0 saturated heterocycles. The third kappa shape index (κ3) is 2.28. The van der Waals surface area contributed by atoms with Crippen LogP contribution in [0, 0.1) is 6.92 Å². The number of hydrogen-bond donors (Lipinski definition) is 2. The van der Waals surface area contributed by atoms with E-state index in [1.165, 1.54) is 12.3 Å². The third-order valence-electron chi connectivity index (χ3n) is 2.63. The van der Waals surface area contributed by atoms with Gasteiger partial charge >= 0.3 is 5.97 Å². The summed E-state index contributed by atoms with van der Waals surface area (Å²) in [6, 6.07) is 6.89. The van der Waals surface area contributed by atoms with Crippen molar-refractivity contribution in [1.29, 1.82) is 0 Å². The molecule has 0 aliphatic carbocycles. The summed E-state index contributed by atoms with van der Waals surface area (Å²) in [7, 11) is 0. The van der Waals surface area contributed by atoms with Crippen molar-refractivity contribution in [1.82, 2.24) is 4.98 Å². The number of aryl methyl sites for hydroxylation is 1. The Balaban J connectivity index is 2.58. The lowest BCUT2D eigenvalue weighted by Crippen LogP contribution is -2.01. The van der Waals surface area contributed by atoms with Crippen LogP contribution in [0.4, 0.5) is 5.82 Å². The van der Waals surface area contributed by atoms with Crippen LogP contribution in [-0.4, -0.2) is 16.1 Å². The first-order valence-electron chi connectivity index (χ1n) is 5.24. The van der Waals surface area contributed by atoms with Gasteiger partial charge in [0.25, 0.3) is 0 Å². The van der Waals surface area contributed by atoms with Gasteiger partial charge in [0.15, 0.2) is 0 Å². The molecule has 0 aliphatic rings. The number of carbonyl (C=O) groups is 1. The summed E-state index contributed by atoms with van der Waals surface area (Å²) in [5.74, 6) is -0.740. The number of carboxylic acid groups (broad SMARTS) is 1. The van der Waals surface area contributed by atoms with Gasteiger partial charge in [-0.1, -0.05) is 17.7 Å². The predicted octanol–water partition coefficient (Wildman–Crippen LogP) is 2.99. The van der Waals surface area contributed by atoms with E-state index in [0.29, 0.717) is 16.4 Å². The molecule has 0 radical (unpaired) electrons. The van der Waals surface area contributed by atoms with Crippen LogP contribution < -0.4 is 5.73 Å². The zero-order chi connectivity index (χ0) is 13.3. The Morgan fingerprint density at radius 2 is 2.11 bits per heavy atom. The lowest BCUT2D eigenvalue weighted by atomic mass is 10.0. The first-order chi connectivity index (χ1) is 8.49. The highest BCUT2D eigenvalue weighted by atomic mass is 35.5. The van der Waals surface area contributed by atoms with Gasteiger partial charge in [-0.2, -0.15) is 0 Å². The van der Waals surface area contributed by atoms with Crippen molar-refractivity contribution in [3.8, 4) is 11.1 Å². The van der Waals surface area contributed by atoms with E-state index in [4.69, 9.17) is 22.4 Å². The molecule has 0 aliphatic heterocycles. The molecule has 1 aromatic carbocycles. The minimum atomic E-state index is -1.03. The van der Waals surface area contributed by atoms with Crippen molar-refractivity contribution in [3.63, 3.8) is 0 Å². The molecule has 0 bridgehead atoms. The zero-order valence-electron chi connectivity index (χ0n) is 9.64. The van der Waals surface area contributed by atoms with Crippen molar-refractivity contribution in [2.45, 2.75) is 6.92 Å². The molecule has 1 aromatic heterocycles. The fraction of sp³-hybridized carbons (Fsp3) is 0.0769. The summed E-state index contributed by atoms with van der Waals surface area (Å²) < 4.78 is 0. The molecule has 2 rings (SSSR count). The van der Waals surface area contributed by atoms with Gasteiger partial charge in [0, 0.05) is 16.8 Å². The Morgan fingerprint density at radius 3 is 2.72 bits per heavy atom. The number of anilines is 1. The molecule has 3 N–H and O–H groups in total. The van der Waals surface area contributed by atoms with Crippen molar-refractivity contribution < 1.29 is 9.90 Å². The second-order valence-corrected chi connectivity index (χ2v) is 4.33. The Labute approximate surface area is 109 Å². The van der Waals surface area contributed by atoms with Crippen LogP contribution in [0.3, 0.4) is 0 Å². The van der Waals surface area contributed by atoms with E-state index in [9.17, 15) is 4.79 Å². The molecule has 0 unspecified atom stereocenters. The average Bonchev–Trinajstić information content (AvgIpc) is 2.33. The number of nitrogens with two attached hydrogens (primary N) is 1. The average molecular weight is 263 g/mol. The Morgan fingerprint density at radius 1 is 1.39 bits per heavy atom. The zero-order valence-corrected chi connectivity index (χ0v) is 10.4. The molecule has 4 nitrogen and oxygen atoms in total. The third-order valence-corrected chi connectivity index (χ3v) is 3.06. The molecule has 18 heavy (non-hydrogen) atoms. The van der Waals surface area contributed by atoms with Crippen molar-refractivity contribution in [3.05, 3.63) is 46.6 Å². The number of nitrogens with zero attached hydrogens (tertiary/aromatic N) is 1. The summed E-state index contributed by atoms with van der Waals surface area (Å²) in [5, 5.41) is 9.60. The van der Waals surface area contributed by atoms with Gasteiger partial charge in [-0.25, -0.2) is 9.78 Å². The number of carboxylic acids is 1. The Hall–Kier alpha value is -2.07. The summed E-state index contributed by atoms with van der Waals surface area (Å²) in [6.45, 7) is 1.87. The molecule has 2 aromatic rings. The van der Waals surface area contributed by atoms with Gasteiger partial charge in [-0.15, -0.1) is 0 Å². The smallest absolute Gasteiger partial charge is 0.337 e. The van der Waals surface area contributed by atoms with Crippen LogP contribution in [0.15, 0.2) is 30.5 Å². The molecule has 0 spiro atoms. The van der Waals surface area contributed by atoms with Gasteiger partial charge in [0.05, 0.1) is 5.56 Å². The maximum atomic E-state index is 10.9.